The van der Waals surface area contributed by atoms with Gasteiger partial charge < -0.3 is 15.2 Å². The average molecular weight is 247 g/mol. The molecule has 0 saturated carbocycles. The Labute approximate surface area is 106 Å². The Morgan fingerprint density at radius 3 is 2.61 bits per heavy atom. The summed E-state index contributed by atoms with van der Waals surface area (Å²) in [7, 11) is 3.25. The van der Waals surface area contributed by atoms with Crippen molar-refractivity contribution in [2.45, 2.75) is 13.5 Å². The fourth-order valence-corrected chi connectivity index (χ4v) is 1.79. The number of nitrogens with zero attached hydrogens (tertiary/aromatic N) is 2. The molecule has 1 heterocycles. The minimum atomic E-state index is 0.476. The van der Waals surface area contributed by atoms with Crippen LogP contribution in [-0.2, 0) is 6.54 Å². The zero-order valence-electron chi connectivity index (χ0n) is 10.8. The molecule has 0 aliphatic carbocycles. The second-order valence-electron chi connectivity index (χ2n) is 3.93. The van der Waals surface area contributed by atoms with E-state index in [1.807, 2.05) is 31.3 Å². The number of hydrogen-bond donors (Lipinski definition) is 1. The number of nitrogens with two attached hydrogens (primary N) is 1. The molecule has 0 spiro atoms. The predicted octanol–water partition coefficient (Wildman–Crippen LogP) is 1.66. The smallest absolute Gasteiger partial charge is 0.148 e. The van der Waals surface area contributed by atoms with Gasteiger partial charge in [0, 0.05) is 24.4 Å². The molecule has 5 heteroatoms. The van der Waals surface area contributed by atoms with Gasteiger partial charge in [0.25, 0.3) is 0 Å². The molecule has 0 bridgehead atoms. The minimum Gasteiger partial charge on any atom is -0.497 e. The first-order valence-electron chi connectivity index (χ1n) is 5.67. The summed E-state index contributed by atoms with van der Waals surface area (Å²) in [4.78, 5) is 0. The van der Waals surface area contributed by atoms with Crippen molar-refractivity contribution in [2.75, 3.05) is 14.2 Å². The van der Waals surface area contributed by atoms with Crippen LogP contribution in [0.25, 0.3) is 5.69 Å². The highest BCUT2D eigenvalue weighted by atomic mass is 16.5. The van der Waals surface area contributed by atoms with Crippen molar-refractivity contribution < 1.29 is 9.47 Å². The quantitative estimate of drug-likeness (QED) is 0.892. The molecular formula is C13H17N3O2. The van der Waals surface area contributed by atoms with Crippen molar-refractivity contribution >= 4 is 0 Å². The van der Waals surface area contributed by atoms with Crippen LogP contribution in [0.15, 0.2) is 24.4 Å². The lowest BCUT2D eigenvalue weighted by Crippen LogP contribution is -1.99. The number of hydrogen-bond acceptors (Lipinski definition) is 4. The molecule has 0 amide bonds. The van der Waals surface area contributed by atoms with Gasteiger partial charge in [-0.05, 0) is 19.1 Å². The third-order valence-electron chi connectivity index (χ3n) is 2.85. The molecule has 0 radical (unpaired) electrons. The van der Waals surface area contributed by atoms with Crippen molar-refractivity contribution in [3.63, 3.8) is 0 Å². The summed E-state index contributed by atoms with van der Waals surface area (Å²) in [6.45, 7) is 2.42. The molecule has 18 heavy (non-hydrogen) atoms. The number of aryl methyl sites for hydroxylation is 1. The summed E-state index contributed by atoms with van der Waals surface area (Å²) in [5.74, 6) is 1.46. The van der Waals surface area contributed by atoms with Crippen molar-refractivity contribution in [3.05, 3.63) is 35.7 Å². The van der Waals surface area contributed by atoms with Crippen LogP contribution < -0.4 is 15.2 Å². The molecule has 0 fully saturated rings. The lowest BCUT2D eigenvalue weighted by atomic mass is 10.2. The van der Waals surface area contributed by atoms with E-state index in [1.54, 1.807) is 18.9 Å². The molecule has 5 nitrogen and oxygen atoms in total. The summed E-state index contributed by atoms with van der Waals surface area (Å²) in [5.41, 5.74) is 8.46. The SMILES string of the molecule is COc1ccc(-n2cc(CN)c(C)n2)c(OC)c1. The zero-order valence-corrected chi connectivity index (χ0v) is 10.8. The second-order valence-corrected chi connectivity index (χ2v) is 3.93. The highest BCUT2D eigenvalue weighted by Gasteiger charge is 2.10. The van der Waals surface area contributed by atoms with Crippen LogP contribution >= 0.6 is 0 Å². The molecule has 2 rings (SSSR count). The van der Waals surface area contributed by atoms with Gasteiger partial charge in [-0.3, -0.25) is 0 Å². The van der Waals surface area contributed by atoms with Crippen molar-refractivity contribution in [1.29, 1.82) is 0 Å². The van der Waals surface area contributed by atoms with Crippen LogP contribution in [0.5, 0.6) is 11.5 Å². The van der Waals surface area contributed by atoms with E-state index in [4.69, 9.17) is 15.2 Å². The maximum atomic E-state index is 5.65. The molecule has 0 aliphatic heterocycles. The van der Waals surface area contributed by atoms with E-state index >= 15 is 0 Å². The fourth-order valence-electron chi connectivity index (χ4n) is 1.79. The monoisotopic (exact) mass is 247 g/mol. The Hall–Kier alpha value is -2.01. The standard InChI is InChI=1S/C13H17N3O2/c1-9-10(7-14)8-16(15-9)12-5-4-11(17-2)6-13(12)18-3/h4-6,8H,7,14H2,1-3H3. The van der Waals surface area contributed by atoms with Crippen molar-refractivity contribution in [1.82, 2.24) is 9.78 Å². The van der Waals surface area contributed by atoms with Crippen molar-refractivity contribution in [3.8, 4) is 17.2 Å². The first-order valence-corrected chi connectivity index (χ1v) is 5.67. The number of benzene rings is 1. The van der Waals surface area contributed by atoms with Crippen LogP contribution in [-0.4, -0.2) is 24.0 Å². The molecule has 96 valence electrons. The fraction of sp³-hybridized carbons (Fsp3) is 0.308. The van der Waals surface area contributed by atoms with Crippen LogP contribution in [0.2, 0.25) is 0 Å². The number of methoxy groups -OCH3 is 2. The normalized spacial score (nSPS) is 10.4. The van der Waals surface area contributed by atoms with Crippen LogP contribution in [0.4, 0.5) is 0 Å². The largest absolute Gasteiger partial charge is 0.497 e. The Balaban J connectivity index is 2.48. The zero-order chi connectivity index (χ0) is 13.1. The molecule has 0 atom stereocenters. The van der Waals surface area contributed by atoms with E-state index in [0.717, 1.165) is 22.7 Å². The maximum absolute atomic E-state index is 5.65. The van der Waals surface area contributed by atoms with E-state index in [9.17, 15) is 0 Å². The molecule has 0 aliphatic rings. The van der Waals surface area contributed by atoms with Gasteiger partial charge >= 0.3 is 0 Å². The third kappa shape index (κ3) is 2.17. The molecular weight excluding hydrogens is 230 g/mol. The van der Waals surface area contributed by atoms with Gasteiger partial charge in [0.1, 0.15) is 17.2 Å². The third-order valence-corrected chi connectivity index (χ3v) is 2.85. The molecule has 1 aromatic heterocycles. The van der Waals surface area contributed by atoms with Gasteiger partial charge in [0.05, 0.1) is 19.9 Å². The molecule has 0 unspecified atom stereocenters. The van der Waals surface area contributed by atoms with Gasteiger partial charge in [0.15, 0.2) is 0 Å². The van der Waals surface area contributed by atoms with E-state index in [0.29, 0.717) is 12.3 Å². The van der Waals surface area contributed by atoms with Gasteiger partial charge in [-0.1, -0.05) is 0 Å². The number of ether oxygens (including phenoxy) is 2. The van der Waals surface area contributed by atoms with Crippen LogP contribution in [0, 0.1) is 6.92 Å². The summed E-state index contributed by atoms with van der Waals surface area (Å²) in [5, 5.41) is 4.43. The van der Waals surface area contributed by atoms with E-state index in [1.165, 1.54) is 0 Å². The Morgan fingerprint density at radius 2 is 2.06 bits per heavy atom. The van der Waals surface area contributed by atoms with E-state index in [-0.39, 0.29) is 0 Å². The molecule has 0 saturated heterocycles. The highest BCUT2D eigenvalue weighted by Crippen LogP contribution is 2.27. The van der Waals surface area contributed by atoms with Gasteiger partial charge in [-0.25, -0.2) is 4.68 Å². The lowest BCUT2D eigenvalue weighted by molar-refractivity contribution is 0.392. The lowest BCUT2D eigenvalue weighted by Gasteiger charge is -2.10. The average Bonchev–Trinajstić information content (AvgIpc) is 2.79. The van der Waals surface area contributed by atoms with E-state index in [2.05, 4.69) is 5.10 Å². The van der Waals surface area contributed by atoms with Crippen molar-refractivity contribution in [2.24, 2.45) is 5.73 Å². The number of aromatic nitrogens is 2. The molecule has 1 aromatic carbocycles. The topological polar surface area (TPSA) is 62.3 Å². The Kier molecular flexibility index (Phi) is 3.53. The second kappa shape index (κ2) is 5.10. The van der Waals surface area contributed by atoms with Gasteiger partial charge in [-0.15, -0.1) is 0 Å². The van der Waals surface area contributed by atoms with Gasteiger partial charge in [0.2, 0.25) is 0 Å². The van der Waals surface area contributed by atoms with Gasteiger partial charge in [-0.2, -0.15) is 5.10 Å². The first-order chi connectivity index (χ1) is 8.69. The minimum absolute atomic E-state index is 0.476. The highest BCUT2D eigenvalue weighted by molar-refractivity contribution is 5.50. The molecule has 2 N–H and O–H groups in total. The van der Waals surface area contributed by atoms with E-state index < -0.39 is 0 Å². The van der Waals surface area contributed by atoms with Crippen LogP contribution in [0.3, 0.4) is 0 Å². The predicted molar refractivity (Wildman–Crippen MR) is 69.3 cm³/mol. The number of rotatable bonds is 4. The summed E-state index contributed by atoms with van der Waals surface area (Å²) < 4.78 is 12.3. The first kappa shape index (κ1) is 12.4. The summed E-state index contributed by atoms with van der Waals surface area (Å²) >= 11 is 0. The maximum Gasteiger partial charge on any atom is 0.148 e. The Morgan fingerprint density at radius 1 is 1.28 bits per heavy atom. The summed E-state index contributed by atoms with van der Waals surface area (Å²) in [6.07, 6.45) is 1.92. The Bertz CT molecular complexity index is 549. The summed E-state index contributed by atoms with van der Waals surface area (Å²) in [6, 6.07) is 5.61. The molecule has 2 aromatic rings. The van der Waals surface area contributed by atoms with Crippen LogP contribution in [0.1, 0.15) is 11.3 Å².